The molecule has 1 amide bonds. The molecular formula is C16H15F2N3O2. The Morgan fingerprint density at radius 3 is 2.65 bits per heavy atom. The molecule has 2 heterocycles. The highest BCUT2D eigenvalue weighted by atomic mass is 19.1. The van der Waals surface area contributed by atoms with Crippen molar-refractivity contribution in [2.45, 2.75) is 18.9 Å². The lowest BCUT2D eigenvalue weighted by Crippen LogP contribution is -2.29. The SMILES string of the molecule is O=C(c1cn[nH]c1-c1c(F)cccc1F)N1CC(O)C2(CC2)C1. The fraction of sp³-hybridized carbons (Fsp3) is 0.375. The molecule has 0 radical (unpaired) electrons. The molecule has 2 N–H and O–H groups in total. The lowest BCUT2D eigenvalue weighted by atomic mass is 10.0. The average molecular weight is 319 g/mol. The smallest absolute Gasteiger partial charge is 0.257 e. The van der Waals surface area contributed by atoms with Crippen LogP contribution in [0, 0.1) is 17.0 Å². The van der Waals surface area contributed by atoms with Crippen molar-refractivity contribution < 1.29 is 18.7 Å². The molecule has 1 saturated heterocycles. The van der Waals surface area contributed by atoms with Gasteiger partial charge in [0.1, 0.15) is 11.6 Å². The Labute approximate surface area is 130 Å². The van der Waals surface area contributed by atoms with Crippen LogP contribution in [0.4, 0.5) is 8.78 Å². The van der Waals surface area contributed by atoms with Crippen LogP contribution in [0.3, 0.4) is 0 Å². The minimum Gasteiger partial charge on any atom is -0.391 e. The molecule has 2 fully saturated rings. The van der Waals surface area contributed by atoms with Crippen LogP contribution < -0.4 is 0 Å². The molecule has 2 aromatic rings. The minimum atomic E-state index is -0.761. The van der Waals surface area contributed by atoms with E-state index in [0.29, 0.717) is 6.54 Å². The van der Waals surface area contributed by atoms with E-state index in [2.05, 4.69) is 10.2 Å². The number of aromatic amines is 1. The van der Waals surface area contributed by atoms with Gasteiger partial charge in [-0.2, -0.15) is 5.10 Å². The molecule has 5 nitrogen and oxygen atoms in total. The van der Waals surface area contributed by atoms with Gasteiger partial charge in [-0.1, -0.05) is 6.07 Å². The lowest BCUT2D eigenvalue weighted by molar-refractivity contribution is 0.0765. The molecule has 4 rings (SSSR count). The Morgan fingerprint density at radius 1 is 1.35 bits per heavy atom. The summed E-state index contributed by atoms with van der Waals surface area (Å²) < 4.78 is 28.0. The molecule has 1 aromatic carbocycles. The van der Waals surface area contributed by atoms with Gasteiger partial charge in [-0.15, -0.1) is 0 Å². The van der Waals surface area contributed by atoms with Crippen molar-refractivity contribution >= 4 is 5.91 Å². The molecule has 1 atom stereocenters. The third-order valence-corrected chi connectivity index (χ3v) is 4.87. The summed E-state index contributed by atoms with van der Waals surface area (Å²) >= 11 is 0. The Morgan fingerprint density at radius 2 is 2.04 bits per heavy atom. The van der Waals surface area contributed by atoms with Crippen LogP contribution in [0.15, 0.2) is 24.4 Å². The molecular weight excluding hydrogens is 304 g/mol. The lowest BCUT2D eigenvalue weighted by Gasteiger charge is -2.16. The summed E-state index contributed by atoms with van der Waals surface area (Å²) in [7, 11) is 0. The number of β-amino-alcohol motifs (C(OH)–C–C–N with tert-alkyl or cyclic N) is 1. The van der Waals surface area contributed by atoms with Crippen molar-refractivity contribution in [2.24, 2.45) is 5.41 Å². The fourth-order valence-corrected chi connectivity index (χ4v) is 3.30. The fourth-order valence-electron chi connectivity index (χ4n) is 3.30. The molecule has 1 saturated carbocycles. The van der Waals surface area contributed by atoms with Gasteiger partial charge in [-0.25, -0.2) is 8.78 Å². The number of halogens is 2. The number of aromatic nitrogens is 2. The van der Waals surface area contributed by atoms with Gasteiger partial charge in [0.25, 0.3) is 5.91 Å². The molecule has 1 aromatic heterocycles. The highest BCUT2D eigenvalue weighted by Gasteiger charge is 2.55. The summed E-state index contributed by atoms with van der Waals surface area (Å²) in [5, 5.41) is 16.4. The number of nitrogens with one attached hydrogen (secondary N) is 1. The van der Waals surface area contributed by atoms with Gasteiger partial charge >= 0.3 is 0 Å². The summed E-state index contributed by atoms with van der Waals surface area (Å²) in [6, 6.07) is 3.53. The molecule has 23 heavy (non-hydrogen) atoms. The predicted molar refractivity (Wildman–Crippen MR) is 77.5 cm³/mol. The van der Waals surface area contributed by atoms with E-state index in [9.17, 15) is 18.7 Å². The molecule has 2 aliphatic rings. The van der Waals surface area contributed by atoms with Gasteiger partial charge in [0.05, 0.1) is 29.1 Å². The molecule has 1 aliphatic carbocycles. The van der Waals surface area contributed by atoms with Crippen LogP contribution >= 0.6 is 0 Å². The van der Waals surface area contributed by atoms with Crippen LogP contribution in [-0.4, -0.2) is 45.3 Å². The number of aliphatic hydroxyl groups excluding tert-OH is 1. The Kier molecular flexibility index (Phi) is 3.02. The van der Waals surface area contributed by atoms with Gasteiger partial charge < -0.3 is 10.0 Å². The number of aliphatic hydroxyl groups is 1. The monoisotopic (exact) mass is 319 g/mol. The number of nitrogens with zero attached hydrogens (tertiary/aromatic N) is 2. The van der Waals surface area contributed by atoms with E-state index in [1.165, 1.54) is 17.2 Å². The molecule has 1 unspecified atom stereocenters. The van der Waals surface area contributed by atoms with E-state index in [1.54, 1.807) is 0 Å². The zero-order valence-electron chi connectivity index (χ0n) is 12.2. The third-order valence-electron chi connectivity index (χ3n) is 4.87. The Bertz CT molecular complexity index is 765. The van der Waals surface area contributed by atoms with Crippen molar-refractivity contribution in [1.82, 2.24) is 15.1 Å². The summed E-state index contributed by atoms with van der Waals surface area (Å²) in [6.45, 7) is 0.709. The molecule has 0 bridgehead atoms. The summed E-state index contributed by atoms with van der Waals surface area (Å²) in [5.74, 6) is -1.90. The first-order valence-electron chi connectivity index (χ1n) is 7.47. The largest absolute Gasteiger partial charge is 0.391 e. The molecule has 1 aliphatic heterocycles. The van der Waals surface area contributed by atoms with Crippen molar-refractivity contribution in [3.05, 3.63) is 41.6 Å². The predicted octanol–water partition coefficient (Wildman–Crippen LogP) is 1.95. The maximum absolute atomic E-state index is 14.0. The number of hydrogen-bond donors (Lipinski definition) is 2. The number of amides is 1. The van der Waals surface area contributed by atoms with Crippen molar-refractivity contribution in [3.8, 4) is 11.3 Å². The first kappa shape index (κ1) is 14.3. The maximum atomic E-state index is 14.0. The van der Waals surface area contributed by atoms with Crippen LogP contribution in [0.5, 0.6) is 0 Å². The molecule has 7 heteroatoms. The third kappa shape index (κ3) is 2.15. The van der Waals surface area contributed by atoms with Gasteiger partial charge in [0, 0.05) is 18.5 Å². The highest BCUT2D eigenvalue weighted by Crippen LogP contribution is 2.53. The van der Waals surface area contributed by atoms with Crippen molar-refractivity contribution in [1.29, 1.82) is 0 Å². The highest BCUT2D eigenvalue weighted by molar-refractivity contribution is 6.00. The first-order chi connectivity index (χ1) is 11.0. The van der Waals surface area contributed by atoms with Crippen molar-refractivity contribution in [2.75, 3.05) is 13.1 Å². The summed E-state index contributed by atoms with van der Waals surface area (Å²) in [6.07, 6.45) is 2.54. The number of likely N-dealkylation sites (tertiary alicyclic amines) is 1. The van der Waals surface area contributed by atoms with Gasteiger partial charge in [-0.05, 0) is 25.0 Å². The maximum Gasteiger partial charge on any atom is 0.257 e. The summed E-state index contributed by atoms with van der Waals surface area (Å²) in [5.41, 5.74) is -0.340. The zero-order valence-corrected chi connectivity index (χ0v) is 12.2. The number of carbonyl (C=O) groups excluding carboxylic acids is 1. The number of rotatable bonds is 2. The Balaban J connectivity index is 1.69. The topological polar surface area (TPSA) is 69.2 Å². The van der Waals surface area contributed by atoms with Crippen LogP contribution in [0.2, 0.25) is 0 Å². The van der Waals surface area contributed by atoms with E-state index in [4.69, 9.17) is 0 Å². The van der Waals surface area contributed by atoms with E-state index in [0.717, 1.165) is 25.0 Å². The second-order valence-electron chi connectivity index (χ2n) is 6.32. The normalized spacial score (nSPS) is 21.9. The van der Waals surface area contributed by atoms with Gasteiger partial charge in [0.15, 0.2) is 0 Å². The van der Waals surface area contributed by atoms with Gasteiger partial charge in [0.2, 0.25) is 0 Å². The zero-order chi connectivity index (χ0) is 16.2. The average Bonchev–Trinajstić information content (AvgIpc) is 3.00. The van der Waals surface area contributed by atoms with Crippen LogP contribution in [0.1, 0.15) is 23.2 Å². The number of benzene rings is 1. The van der Waals surface area contributed by atoms with Crippen molar-refractivity contribution in [3.63, 3.8) is 0 Å². The van der Waals surface area contributed by atoms with E-state index >= 15 is 0 Å². The summed E-state index contributed by atoms with van der Waals surface area (Å²) in [4.78, 5) is 14.2. The molecule has 120 valence electrons. The quantitative estimate of drug-likeness (QED) is 0.889. The second-order valence-corrected chi connectivity index (χ2v) is 6.32. The minimum absolute atomic E-state index is 0.0248. The van der Waals surface area contributed by atoms with E-state index in [1.807, 2.05) is 0 Å². The molecule has 1 spiro atoms. The number of carbonyl (C=O) groups is 1. The first-order valence-corrected chi connectivity index (χ1v) is 7.47. The van der Waals surface area contributed by atoms with E-state index in [-0.39, 0.29) is 34.7 Å². The standard InChI is InChI=1S/C16H15F2N3O2/c17-10-2-1-3-11(18)13(10)14-9(6-19-20-14)15(23)21-7-12(22)16(8-21)4-5-16/h1-3,6,12,22H,4-5,7-8H2,(H,19,20). The second kappa shape index (κ2) is 4.86. The van der Waals surface area contributed by atoms with Crippen LogP contribution in [0.25, 0.3) is 11.3 Å². The van der Waals surface area contributed by atoms with E-state index < -0.39 is 17.7 Å². The number of hydrogen-bond acceptors (Lipinski definition) is 3. The number of H-pyrrole nitrogens is 1. The Hall–Kier alpha value is -2.28. The van der Waals surface area contributed by atoms with Crippen LogP contribution in [-0.2, 0) is 0 Å². The van der Waals surface area contributed by atoms with Gasteiger partial charge in [-0.3, -0.25) is 9.89 Å².